The molecule has 1 heterocycles. The predicted molar refractivity (Wildman–Crippen MR) is 51.4 cm³/mol. The van der Waals surface area contributed by atoms with Gasteiger partial charge in [0.1, 0.15) is 11.6 Å². The molecule has 0 aliphatic heterocycles. The Morgan fingerprint density at radius 1 is 1.38 bits per heavy atom. The third kappa shape index (κ3) is 1.92. The maximum atomic E-state index is 13.4. The van der Waals surface area contributed by atoms with Crippen molar-refractivity contribution in [1.82, 2.24) is 10.1 Å². The molecule has 16 heavy (non-hydrogen) atoms. The van der Waals surface area contributed by atoms with E-state index in [9.17, 15) is 8.78 Å². The SMILES string of the molecule is Cc1nc(C(N)c2ccc(F)cc2F)no1. The number of halogens is 2. The van der Waals surface area contributed by atoms with Crippen LogP contribution in [0.3, 0.4) is 0 Å². The lowest BCUT2D eigenvalue weighted by Gasteiger charge is -2.08. The van der Waals surface area contributed by atoms with Crippen LogP contribution in [0.5, 0.6) is 0 Å². The van der Waals surface area contributed by atoms with Gasteiger partial charge in [-0.3, -0.25) is 0 Å². The van der Waals surface area contributed by atoms with E-state index in [-0.39, 0.29) is 11.4 Å². The van der Waals surface area contributed by atoms with Crippen LogP contribution in [-0.2, 0) is 0 Å². The topological polar surface area (TPSA) is 64.9 Å². The molecule has 2 rings (SSSR count). The van der Waals surface area contributed by atoms with Crippen LogP contribution in [0.25, 0.3) is 0 Å². The van der Waals surface area contributed by atoms with Gasteiger partial charge in [0.15, 0.2) is 5.82 Å². The van der Waals surface area contributed by atoms with Gasteiger partial charge in [-0.25, -0.2) is 8.78 Å². The molecule has 0 amide bonds. The maximum absolute atomic E-state index is 13.4. The molecule has 84 valence electrons. The number of benzene rings is 1. The summed E-state index contributed by atoms with van der Waals surface area (Å²) in [7, 11) is 0. The van der Waals surface area contributed by atoms with Crippen molar-refractivity contribution in [3.63, 3.8) is 0 Å². The molecule has 4 nitrogen and oxygen atoms in total. The van der Waals surface area contributed by atoms with Crippen LogP contribution in [0.1, 0.15) is 23.3 Å². The van der Waals surface area contributed by atoms with Crippen LogP contribution < -0.4 is 5.73 Å². The lowest BCUT2D eigenvalue weighted by atomic mass is 10.1. The second-order valence-corrected chi connectivity index (χ2v) is 3.32. The molecule has 0 saturated carbocycles. The first-order valence-corrected chi connectivity index (χ1v) is 4.58. The summed E-state index contributed by atoms with van der Waals surface area (Å²) in [5.41, 5.74) is 5.86. The van der Waals surface area contributed by atoms with Gasteiger partial charge in [0, 0.05) is 18.6 Å². The Balaban J connectivity index is 2.37. The van der Waals surface area contributed by atoms with Gasteiger partial charge in [0.2, 0.25) is 5.89 Å². The second-order valence-electron chi connectivity index (χ2n) is 3.32. The molecular weight excluding hydrogens is 216 g/mol. The van der Waals surface area contributed by atoms with Gasteiger partial charge >= 0.3 is 0 Å². The third-order valence-corrected chi connectivity index (χ3v) is 2.12. The molecule has 1 aromatic carbocycles. The lowest BCUT2D eigenvalue weighted by molar-refractivity contribution is 0.385. The zero-order chi connectivity index (χ0) is 11.7. The minimum absolute atomic E-state index is 0.127. The molecular formula is C10H9F2N3O. The largest absolute Gasteiger partial charge is 0.340 e. The summed E-state index contributed by atoms with van der Waals surface area (Å²) < 4.78 is 30.8. The van der Waals surface area contributed by atoms with E-state index >= 15 is 0 Å². The van der Waals surface area contributed by atoms with Crippen molar-refractivity contribution in [2.24, 2.45) is 5.73 Å². The van der Waals surface area contributed by atoms with E-state index < -0.39 is 17.7 Å². The molecule has 0 spiro atoms. The molecule has 0 aliphatic carbocycles. The predicted octanol–water partition coefficient (Wildman–Crippen LogP) is 1.70. The van der Waals surface area contributed by atoms with Crippen molar-refractivity contribution < 1.29 is 13.3 Å². The highest BCUT2D eigenvalue weighted by Crippen LogP contribution is 2.20. The molecule has 0 radical (unpaired) electrons. The number of hydrogen-bond acceptors (Lipinski definition) is 4. The van der Waals surface area contributed by atoms with Crippen molar-refractivity contribution in [3.8, 4) is 0 Å². The van der Waals surface area contributed by atoms with Crippen molar-refractivity contribution in [2.75, 3.05) is 0 Å². The van der Waals surface area contributed by atoms with E-state index in [1.807, 2.05) is 0 Å². The number of nitrogens with two attached hydrogens (primary N) is 1. The molecule has 2 N–H and O–H groups in total. The first kappa shape index (κ1) is 10.7. The molecule has 0 aliphatic rings. The molecule has 2 aromatic rings. The van der Waals surface area contributed by atoms with Gasteiger partial charge in [-0.15, -0.1) is 0 Å². The number of hydrogen-bond donors (Lipinski definition) is 1. The van der Waals surface area contributed by atoms with E-state index in [0.717, 1.165) is 12.1 Å². The van der Waals surface area contributed by atoms with E-state index in [2.05, 4.69) is 10.1 Å². The van der Waals surface area contributed by atoms with Crippen LogP contribution in [0.15, 0.2) is 22.7 Å². The molecule has 1 atom stereocenters. The second kappa shape index (κ2) is 3.97. The summed E-state index contributed by atoms with van der Waals surface area (Å²) in [6.07, 6.45) is 0. The van der Waals surface area contributed by atoms with Crippen LogP contribution in [0.4, 0.5) is 8.78 Å². The summed E-state index contributed by atoms with van der Waals surface area (Å²) in [5, 5.41) is 3.58. The van der Waals surface area contributed by atoms with Crippen LogP contribution >= 0.6 is 0 Å². The van der Waals surface area contributed by atoms with Crippen molar-refractivity contribution in [1.29, 1.82) is 0 Å². The number of nitrogens with zero attached hydrogens (tertiary/aromatic N) is 2. The summed E-state index contributed by atoms with van der Waals surface area (Å²) in [5.74, 6) is -0.872. The molecule has 0 saturated heterocycles. The van der Waals surface area contributed by atoms with Gasteiger partial charge in [-0.1, -0.05) is 11.2 Å². The minimum Gasteiger partial charge on any atom is -0.340 e. The van der Waals surface area contributed by atoms with Crippen molar-refractivity contribution in [3.05, 3.63) is 47.1 Å². The van der Waals surface area contributed by atoms with Crippen molar-refractivity contribution >= 4 is 0 Å². The summed E-state index contributed by atoms with van der Waals surface area (Å²) in [6.45, 7) is 1.60. The molecule has 1 unspecified atom stereocenters. The quantitative estimate of drug-likeness (QED) is 0.844. The number of aryl methyl sites for hydroxylation is 1. The normalized spacial score (nSPS) is 12.8. The Labute approximate surface area is 90.1 Å². The highest BCUT2D eigenvalue weighted by atomic mass is 19.1. The lowest BCUT2D eigenvalue weighted by Crippen LogP contribution is -2.15. The van der Waals surface area contributed by atoms with E-state index in [1.165, 1.54) is 6.07 Å². The zero-order valence-electron chi connectivity index (χ0n) is 8.45. The highest BCUT2D eigenvalue weighted by molar-refractivity contribution is 5.26. The van der Waals surface area contributed by atoms with Crippen molar-refractivity contribution in [2.45, 2.75) is 13.0 Å². The van der Waals surface area contributed by atoms with Crippen LogP contribution in [0.2, 0.25) is 0 Å². The van der Waals surface area contributed by atoms with Crippen LogP contribution in [-0.4, -0.2) is 10.1 Å². The molecule has 0 bridgehead atoms. The van der Waals surface area contributed by atoms with Gasteiger partial charge in [-0.2, -0.15) is 4.98 Å². The smallest absolute Gasteiger partial charge is 0.223 e. The number of rotatable bonds is 2. The van der Waals surface area contributed by atoms with Gasteiger partial charge in [0.25, 0.3) is 0 Å². The average Bonchev–Trinajstić information content (AvgIpc) is 2.64. The highest BCUT2D eigenvalue weighted by Gasteiger charge is 2.18. The van der Waals surface area contributed by atoms with Gasteiger partial charge in [-0.05, 0) is 6.07 Å². The minimum atomic E-state index is -0.863. The summed E-state index contributed by atoms with van der Waals surface area (Å²) >= 11 is 0. The van der Waals surface area contributed by atoms with E-state index in [4.69, 9.17) is 10.3 Å². The summed E-state index contributed by atoms with van der Waals surface area (Å²) in [4.78, 5) is 3.89. The first-order chi connectivity index (χ1) is 7.58. The Morgan fingerprint density at radius 3 is 2.69 bits per heavy atom. The summed E-state index contributed by atoms with van der Waals surface area (Å²) in [6, 6.07) is 2.30. The fourth-order valence-corrected chi connectivity index (χ4v) is 1.33. The molecule has 0 fully saturated rings. The fourth-order valence-electron chi connectivity index (χ4n) is 1.33. The Bertz CT molecular complexity index is 513. The monoisotopic (exact) mass is 225 g/mol. The van der Waals surface area contributed by atoms with Crippen LogP contribution in [0, 0.1) is 18.6 Å². The van der Waals surface area contributed by atoms with E-state index in [0.29, 0.717) is 5.89 Å². The van der Waals surface area contributed by atoms with Gasteiger partial charge in [0.05, 0.1) is 6.04 Å². The Hall–Kier alpha value is -1.82. The third-order valence-electron chi connectivity index (χ3n) is 2.12. The Morgan fingerprint density at radius 2 is 2.12 bits per heavy atom. The maximum Gasteiger partial charge on any atom is 0.223 e. The average molecular weight is 225 g/mol. The standard InChI is InChI=1S/C10H9F2N3O/c1-5-14-10(15-16-5)9(13)7-3-2-6(11)4-8(7)12/h2-4,9H,13H2,1H3. The molecule has 1 aromatic heterocycles. The molecule has 6 heteroatoms. The zero-order valence-corrected chi connectivity index (χ0v) is 8.45. The fraction of sp³-hybridized carbons (Fsp3) is 0.200. The first-order valence-electron chi connectivity index (χ1n) is 4.58. The van der Waals surface area contributed by atoms with Gasteiger partial charge < -0.3 is 10.3 Å². The Kier molecular flexibility index (Phi) is 2.66. The van der Waals surface area contributed by atoms with E-state index in [1.54, 1.807) is 6.92 Å². The number of aromatic nitrogens is 2.